The summed E-state index contributed by atoms with van der Waals surface area (Å²) in [6, 6.07) is 6.41. The second-order valence-corrected chi connectivity index (χ2v) is 6.01. The van der Waals surface area contributed by atoms with Crippen molar-refractivity contribution in [3.63, 3.8) is 0 Å². The highest BCUT2D eigenvalue weighted by atomic mass is 35.5. The van der Waals surface area contributed by atoms with Gasteiger partial charge in [0.25, 0.3) is 0 Å². The first-order chi connectivity index (χ1) is 9.63. The number of benzene rings is 1. The van der Waals surface area contributed by atoms with Gasteiger partial charge in [-0.25, -0.2) is 4.98 Å². The Morgan fingerprint density at radius 3 is 2.80 bits per heavy atom. The number of rotatable bonds is 6. The van der Waals surface area contributed by atoms with Crippen LogP contribution >= 0.6 is 22.9 Å². The fourth-order valence-electron chi connectivity index (χ4n) is 2.05. The van der Waals surface area contributed by atoms with Crippen molar-refractivity contribution >= 4 is 22.9 Å². The minimum atomic E-state index is 0.188. The zero-order valence-corrected chi connectivity index (χ0v) is 13.3. The number of aromatic nitrogens is 1. The predicted octanol–water partition coefficient (Wildman–Crippen LogP) is 3.28. The number of thiazole rings is 1. The summed E-state index contributed by atoms with van der Waals surface area (Å²) in [5, 5.41) is 12.0. The van der Waals surface area contributed by atoms with Crippen LogP contribution in [0.4, 0.5) is 0 Å². The van der Waals surface area contributed by atoms with Gasteiger partial charge in [-0.3, -0.25) is 4.90 Å². The Kier molecular flexibility index (Phi) is 5.54. The van der Waals surface area contributed by atoms with Gasteiger partial charge in [-0.15, -0.1) is 22.9 Å². The molecule has 0 atom stereocenters. The van der Waals surface area contributed by atoms with Crippen LogP contribution in [0.2, 0.25) is 0 Å². The van der Waals surface area contributed by atoms with Crippen molar-refractivity contribution in [2.45, 2.75) is 19.3 Å². The summed E-state index contributed by atoms with van der Waals surface area (Å²) in [5.74, 6) is 0.458. The van der Waals surface area contributed by atoms with Gasteiger partial charge in [0.1, 0.15) is 5.01 Å². The lowest BCUT2D eigenvalue weighted by Gasteiger charge is -2.17. The maximum Gasteiger partial charge on any atom is 0.123 e. The number of nitrogens with zero attached hydrogens (tertiary/aromatic N) is 2. The molecule has 0 fully saturated rings. The normalized spacial score (nSPS) is 11.2. The highest BCUT2D eigenvalue weighted by Crippen LogP contribution is 2.26. The third kappa shape index (κ3) is 3.79. The van der Waals surface area contributed by atoms with Crippen molar-refractivity contribution in [1.82, 2.24) is 9.88 Å². The quantitative estimate of drug-likeness (QED) is 0.832. The van der Waals surface area contributed by atoms with Crippen molar-refractivity contribution in [2.75, 3.05) is 20.2 Å². The van der Waals surface area contributed by atoms with Gasteiger partial charge >= 0.3 is 0 Å². The Labute approximate surface area is 128 Å². The molecule has 0 aliphatic rings. The number of hydrogen-bond acceptors (Lipinski definition) is 4. The molecule has 1 aromatic heterocycles. The molecule has 2 rings (SSSR count). The summed E-state index contributed by atoms with van der Waals surface area (Å²) in [4.78, 5) is 6.61. The highest BCUT2D eigenvalue weighted by Gasteiger charge is 2.08. The minimum Gasteiger partial charge on any atom is -0.395 e. The van der Waals surface area contributed by atoms with Crippen LogP contribution in [0, 0.1) is 6.92 Å². The van der Waals surface area contributed by atoms with Crippen LogP contribution in [-0.2, 0) is 12.4 Å². The van der Waals surface area contributed by atoms with E-state index in [-0.39, 0.29) is 6.61 Å². The molecule has 0 aliphatic carbocycles. The van der Waals surface area contributed by atoms with Crippen molar-refractivity contribution in [3.8, 4) is 10.6 Å². The van der Waals surface area contributed by atoms with Gasteiger partial charge in [-0.2, -0.15) is 0 Å². The van der Waals surface area contributed by atoms with Gasteiger partial charge in [0.2, 0.25) is 0 Å². The van der Waals surface area contributed by atoms with Crippen molar-refractivity contribution < 1.29 is 5.11 Å². The molecule has 1 heterocycles. The first-order valence-electron chi connectivity index (χ1n) is 6.53. The minimum absolute atomic E-state index is 0.188. The van der Waals surface area contributed by atoms with Crippen LogP contribution in [0.1, 0.15) is 16.8 Å². The Hall–Kier alpha value is -0.940. The van der Waals surface area contributed by atoms with Gasteiger partial charge < -0.3 is 5.11 Å². The molecule has 3 nitrogen and oxygen atoms in total. The van der Waals surface area contributed by atoms with Crippen LogP contribution in [0.25, 0.3) is 10.6 Å². The zero-order chi connectivity index (χ0) is 14.5. The van der Waals surface area contributed by atoms with Gasteiger partial charge in [0, 0.05) is 24.0 Å². The fraction of sp³-hybridized carbons (Fsp3) is 0.400. The van der Waals surface area contributed by atoms with E-state index in [1.807, 2.05) is 12.4 Å². The van der Waals surface area contributed by atoms with Crippen LogP contribution in [0.3, 0.4) is 0 Å². The van der Waals surface area contributed by atoms with Crippen LogP contribution in [-0.4, -0.2) is 35.2 Å². The van der Waals surface area contributed by atoms with Crippen molar-refractivity contribution in [2.24, 2.45) is 0 Å². The number of likely N-dealkylation sites (N-methyl/N-ethyl adjacent to an activating group) is 1. The number of alkyl halides is 1. The lowest BCUT2D eigenvalue weighted by Crippen LogP contribution is -2.21. The third-order valence-corrected chi connectivity index (χ3v) is 4.41. The molecule has 1 aromatic carbocycles. The number of aliphatic hydroxyl groups is 1. The molecular formula is C15H19ClN2OS. The largest absolute Gasteiger partial charge is 0.395 e. The molecule has 0 spiro atoms. The standard InChI is InChI=1S/C15H19ClN2OS/c1-11-7-12(15-17-14(8-16)10-20-15)3-4-13(11)9-18(2)5-6-19/h3-4,7,10,19H,5-6,8-9H2,1-2H3. The molecule has 0 amide bonds. The van der Waals surface area contributed by atoms with E-state index in [1.54, 1.807) is 11.3 Å². The number of hydrogen-bond donors (Lipinski definition) is 1. The van der Waals surface area contributed by atoms with Gasteiger partial charge in [0.15, 0.2) is 0 Å². The van der Waals surface area contributed by atoms with Crippen LogP contribution < -0.4 is 0 Å². The summed E-state index contributed by atoms with van der Waals surface area (Å²) < 4.78 is 0. The monoisotopic (exact) mass is 310 g/mol. The first kappa shape index (κ1) is 15.4. The maximum atomic E-state index is 8.94. The van der Waals surface area contributed by atoms with E-state index in [9.17, 15) is 0 Å². The van der Waals surface area contributed by atoms with E-state index in [0.717, 1.165) is 22.8 Å². The molecule has 0 unspecified atom stereocenters. The van der Waals surface area contributed by atoms with E-state index < -0.39 is 0 Å². The fourth-order valence-corrected chi connectivity index (χ4v) is 3.09. The van der Waals surface area contributed by atoms with Gasteiger partial charge in [-0.05, 0) is 31.2 Å². The summed E-state index contributed by atoms with van der Waals surface area (Å²) in [7, 11) is 2.01. The lowest BCUT2D eigenvalue weighted by atomic mass is 10.0. The number of aliphatic hydroxyl groups excluding tert-OH is 1. The molecule has 0 saturated carbocycles. The highest BCUT2D eigenvalue weighted by molar-refractivity contribution is 7.13. The average Bonchev–Trinajstić information content (AvgIpc) is 2.90. The second-order valence-electron chi connectivity index (χ2n) is 4.88. The molecule has 0 radical (unpaired) electrons. The molecular weight excluding hydrogens is 292 g/mol. The smallest absolute Gasteiger partial charge is 0.123 e. The Balaban J connectivity index is 2.16. The molecule has 5 heteroatoms. The van der Waals surface area contributed by atoms with E-state index in [1.165, 1.54) is 11.1 Å². The van der Waals surface area contributed by atoms with Crippen molar-refractivity contribution in [3.05, 3.63) is 40.4 Å². The third-order valence-electron chi connectivity index (χ3n) is 3.20. The Morgan fingerprint density at radius 2 is 2.20 bits per heavy atom. The molecule has 0 aliphatic heterocycles. The lowest BCUT2D eigenvalue weighted by molar-refractivity contribution is 0.217. The maximum absolute atomic E-state index is 8.94. The van der Waals surface area contributed by atoms with E-state index >= 15 is 0 Å². The summed E-state index contributed by atoms with van der Waals surface area (Å²) in [6.45, 7) is 3.83. The predicted molar refractivity (Wildman–Crippen MR) is 85.3 cm³/mol. The van der Waals surface area contributed by atoms with Crippen molar-refractivity contribution in [1.29, 1.82) is 0 Å². The summed E-state index contributed by atoms with van der Waals surface area (Å²) in [5.41, 5.74) is 4.59. The SMILES string of the molecule is Cc1cc(-c2nc(CCl)cs2)ccc1CN(C)CCO. The molecule has 2 aromatic rings. The zero-order valence-electron chi connectivity index (χ0n) is 11.8. The average molecular weight is 311 g/mol. The molecule has 108 valence electrons. The van der Waals surface area contributed by atoms with Gasteiger partial charge in [0.05, 0.1) is 18.2 Å². The topological polar surface area (TPSA) is 36.4 Å². The first-order valence-corrected chi connectivity index (χ1v) is 7.95. The van der Waals surface area contributed by atoms with Crippen LogP contribution in [0.5, 0.6) is 0 Å². The summed E-state index contributed by atoms with van der Waals surface area (Å²) in [6.07, 6.45) is 0. The number of aryl methyl sites for hydroxylation is 1. The Bertz CT molecular complexity index is 571. The molecule has 0 bridgehead atoms. The second kappa shape index (κ2) is 7.18. The van der Waals surface area contributed by atoms with E-state index in [4.69, 9.17) is 16.7 Å². The Morgan fingerprint density at radius 1 is 1.40 bits per heavy atom. The molecule has 0 saturated heterocycles. The van der Waals surface area contributed by atoms with E-state index in [2.05, 4.69) is 35.0 Å². The molecule has 1 N–H and O–H groups in total. The number of halogens is 1. The summed E-state index contributed by atoms with van der Waals surface area (Å²) >= 11 is 7.41. The van der Waals surface area contributed by atoms with Crippen LogP contribution in [0.15, 0.2) is 23.6 Å². The van der Waals surface area contributed by atoms with E-state index in [0.29, 0.717) is 12.4 Å². The van der Waals surface area contributed by atoms with Gasteiger partial charge in [-0.1, -0.05) is 12.1 Å². The molecule has 20 heavy (non-hydrogen) atoms.